The molecule has 0 bridgehead atoms. The van der Waals surface area contributed by atoms with Crippen LogP contribution in [0.2, 0.25) is 0 Å². The molecule has 0 fully saturated rings. The van der Waals surface area contributed by atoms with Gasteiger partial charge in [-0.15, -0.1) is 11.3 Å². The minimum absolute atomic E-state index is 0.0782. The first kappa shape index (κ1) is 16.4. The van der Waals surface area contributed by atoms with Crippen molar-refractivity contribution in [3.63, 3.8) is 0 Å². The van der Waals surface area contributed by atoms with Gasteiger partial charge in [-0.2, -0.15) is 0 Å². The van der Waals surface area contributed by atoms with Gasteiger partial charge in [-0.25, -0.2) is 4.79 Å². The number of hydrogen-bond donors (Lipinski definition) is 1. The maximum Gasteiger partial charge on any atom is 0.328 e. The average Bonchev–Trinajstić information content (AvgIpc) is 2.82. The molecule has 0 saturated carbocycles. The lowest BCUT2D eigenvalue weighted by Crippen LogP contribution is -2.36. The van der Waals surface area contributed by atoms with E-state index in [1.807, 2.05) is 19.1 Å². The first-order chi connectivity index (χ1) is 9.42. The highest BCUT2D eigenvalue weighted by atomic mass is 32.1. The number of hydrogen-bond acceptors (Lipinski definition) is 4. The van der Waals surface area contributed by atoms with Crippen LogP contribution in [0.4, 0.5) is 0 Å². The average molecular weight is 296 g/mol. The molecule has 20 heavy (non-hydrogen) atoms. The van der Waals surface area contributed by atoms with Gasteiger partial charge in [-0.1, -0.05) is 6.92 Å². The highest BCUT2D eigenvalue weighted by Crippen LogP contribution is 2.19. The van der Waals surface area contributed by atoms with Gasteiger partial charge in [0.15, 0.2) is 0 Å². The minimum atomic E-state index is -0.952. The van der Waals surface area contributed by atoms with E-state index in [4.69, 9.17) is 5.11 Å². The first-order valence-electron chi connectivity index (χ1n) is 6.34. The van der Waals surface area contributed by atoms with Crippen LogP contribution in [-0.4, -0.2) is 54.0 Å². The van der Waals surface area contributed by atoms with Gasteiger partial charge < -0.3 is 10.0 Å². The normalized spacial score (nSPS) is 11.2. The highest BCUT2D eigenvalue weighted by molar-refractivity contribution is 7.12. The van der Waals surface area contributed by atoms with E-state index in [1.54, 1.807) is 25.1 Å². The summed E-state index contributed by atoms with van der Waals surface area (Å²) in [6, 6.07) is 3.86. The lowest BCUT2D eigenvalue weighted by molar-refractivity contribution is -0.131. The van der Waals surface area contributed by atoms with E-state index in [2.05, 4.69) is 4.90 Å². The van der Waals surface area contributed by atoms with Crippen molar-refractivity contribution in [3.05, 3.63) is 28.0 Å². The van der Waals surface area contributed by atoms with Gasteiger partial charge in [-0.3, -0.25) is 9.69 Å². The maximum absolute atomic E-state index is 11.7. The Labute approximate surface area is 123 Å². The molecule has 0 radical (unpaired) electrons. The van der Waals surface area contributed by atoms with Crippen molar-refractivity contribution in [1.82, 2.24) is 9.80 Å². The predicted molar refractivity (Wildman–Crippen MR) is 80.6 cm³/mol. The minimum Gasteiger partial charge on any atom is -0.478 e. The van der Waals surface area contributed by atoms with E-state index in [0.29, 0.717) is 13.1 Å². The number of carbonyl (C=O) groups excluding carboxylic acids is 1. The number of aliphatic carboxylic acids is 1. The van der Waals surface area contributed by atoms with E-state index in [1.165, 1.54) is 11.3 Å². The fourth-order valence-electron chi connectivity index (χ4n) is 1.56. The van der Waals surface area contributed by atoms with Crippen molar-refractivity contribution in [2.75, 3.05) is 27.2 Å². The second kappa shape index (κ2) is 7.81. The van der Waals surface area contributed by atoms with Gasteiger partial charge in [0, 0.05) is 36.5 Å². The monoisotopic (exact) mass is 296 g/mol. The van der Waals surface area contributed by atoms with Crippen molar-refractivity contribution in [3.8, 4) is 0 Å². The van der Waals surface area contributed by atoms with Crippen molar-refractivity contribution >= 4 is 29.3 Å². The first-order valence-corrected chi connectivity index (χ1v) is 7.16. The Balaban J connectivity index is 2.62. The lowest BCUT2D eigenvalue weighted by atomic mass is 10.3. The molecule has 0 aliphatic carbocycles. The molecule has 6 heteroatoms. The summed E-state index contributed by atoms with van der Waals surface area (Å²) in [7, 11) is 3.49. The highest BCUT2D eigenvalue weighted by Gasteiger charge is 2.12. The number of carboxylic acids is 1. The Hall–Kier alpha value is -1.66. The van der Waals surface area contributed by atoms with Crippen molar-refractivity contribution < 1.29 is 14.7 Å². The third-order valence-corrected chi connectivity index (χ3v) is 3.79. The van der Waals surface area contributed by atoms with Crippen LogP contribution in [-0.2, 0) is 16.1 Å². The van der Waals surface area contributed by atoms with Gasteiger partial charge in [0.2, 0.25) is 5.91 Å². The molecule has 0 unspecified atom stereocenters. The Bertz CT molecular complexity index is 494. The number of carbonyl (C=O) groups is 2. The predicted octanol–water partition coefficient (Wildman–Crippen LogP) is 1.76. The summed E-state index contributed by atoms with van der Waals surface area (Å²) in [6.07, 6.45) is 2.71. The molecular formula is C14H20N2O3S. The van der Waals surface area contributed by atoms with E-state index < -0.39 is 5.97 Å². The van der Waals surface area contributed by atoms with E-state index in [0.717, 1.165) is 22.4 Å². The van der Waals surface area contributed by atoms with E-state index in [9.17, 15) is 9.59 Å². The molecule has 1 heterocycles. The molecule has 0 atom stereocenters. The number of thiophene rings is 1. The fraction of sp³-hybridized carbons (Fsp3) is 0.429. The van der Waals surface area contributed by atoms with E-state index in [-0.39, 0.29) is 5.91 Å². The van der Waals surface area contributed by atoms with Crippen LogP contribution in [0.1, 0.15) is 16.7 Å². The van der Waals surface area contributed by atoms with Crippen molar-refractivity contribution in [1.29, 1.82) is 0 Å². The summed E-state index contributed by atoms with van der Waals surface area (Å²) < 4.78 is 0. The molecule has 0 saturated heterocycles. The largest absolute Gasteiger partial charge is 0.478 e. The molecule has 5 nitrogen and oxygen atoms in total. The molecule has 1 amide bonds. The molecule has 0 spiro atoms. The molecule has 0 aliphatic rings. The van der Waals surface area contributed by atoms with Crippen molar-refractivity contribution in [2.45, 2.75) is 13.5 Å². The molecule has 1 aromatic heterocycles. The van der Waals surface area contributed by atoms with Crippen LogP contribution in [0, 0.1) is 0 Å². The number of rotatable bonds is 7. The van der Waals surface area contributed by atoms with E-state index >= 15 is 0 Å². The smallest absolute Gasteiger partial charge is 0.328 e. The van der Waals surface area contributed by atoms with Gasteiger partial charge in [-0.05, 0) is 24.8 Å². The van der Waals surface area contributed by atoms with Gasteiger partial charge in [0.25, 0.3) is 0 Å². The van der Waals surface area contributed by atoms with Crippen molar-refractivity contribution in [2.24, 2.45) is 0 Å². The topological polar surface area (TPSA) is 60.9 Å². The van der Waals surface area contributed by atoms with Crippen LogP contribution in [0.15, 0.2) is 18.2 Å². The zero-order chi connectivity index (χ0) is 15.1. The summed E-state index contributed by atoms with van der Waals surface area (Å²) >= 11 is 1.54. The number of amides is 1. The summed E-state index contributed by atoms with van der Waals surface area (Å²) in [4.78, 5) is 27.8. The summed E-state index contributed by atoms with van der Waals surface area (Å²) in [5.41, 5.74) is 0. The van der Waals surface area contributed by atoms with Gasteiger partial charge in [0.1, 0.15) is 0 Å². The SMILES string of the molecule is CCN(CC(=O)N(C)C)Cc1ccc(C=CC(=O)O)s1. The number of nitrogens with zero attached hydrogens (tertiary/aromatic N) is 2. The Kier molecular flexibility index (Phi) is 6.41. The Morgan fingerprint density at radius 3 is 2.60 bits per heavy atom. The second-order valence-corrected chi connectivity index (χ2v) is 5.77. The summed E-state index contributed by atoms with van der Waals surface area (Å²) in [5, 5.41) is 8.58. The van der Waals surface area contributed by atoms with Crippen LogP contribution >= 0.6 is 11.3 Å². The van der Waals surface area contributed by atoms with Crippen LogP contribution in [0.25, 0.3) is 6.08 Å². The fourth-order valence-corrected chi connectivity index (χ4v) is 2.51. The summed E-state index contributed by atoms with van der Waals surface area (Å²) in [6.45, 7) is 3.89. The molecule has 110 valence electrons. The van der Waals surface area contributed by atoms with Gasteiger partial charge >= 0.3 is 5.97 Å². The standard InChI is InChI=1S/C14H20N2O3S/c1-4-16(10-13(17)15(2)3)9-12-6-5-11(20-12)7-8-14(18)19/h5-8H,4,9-10H2,1-3H3,(H,18,19). The Morgan fingerprint density at radius 1 is 1.35 bits per heavy atom. The molecular weight excluding hydrogens is 276 g/mol. The molecule has 1 rings (SSSR count). The number of likely N-dealkylation sites (N-methyl/N-ethyl adjacent to an activating group) is 2. The molecule has 1 aromatic rings. The third kappa shape index (κ3) is 5.54. The quantitative estimate of drug-likeness (QED) is 0.779. The van der Waals surface area contributed by atoms with Crippen LogP contribution in [0.3, 0.4) is 0 Å². The maximum atomic E-state index is 11.7. The lowest BCUT2D eigenvalue weighted by Gasteiger charge is -2.21. The zero-order valence-corrected chi connectivity index (χ0v) is 12.8. The van der Waals surface area contributed by atoms with Gasteiger partial charge in [0.05, 0.1) is 6.54 Å². The van der Waals surface area contributed by atoms with Crippen LogP contribution < -0.4 is 0 Å². The molecule has 1 N–H and O–H groups in total. The second-order valence-electron chi connectivity index (χ2n) is 4.57. The third-order valence-electron chi connectivity index (χ3n) is 2.76. The summed E-state index contributed by atoms with van der Waals surface area (Å²) in [5.74, 6) is -0.874. The van der Waals surface area contributed by atoms with Crippen LogP contribution in [0.5, 0.6) is 0 Å². The zero-order valence-electron chi connectivity index (χ0n) is 12.0. The Morgan fingerprint density at radius 2 is 2.05 bits per heavy atom. The number of carboxylic acid groups (broad SMARTS) is 1. The molecule has 0 aromatic carbocycles. The molecule has 0 aliphatic heterocycles.